The van der Waals surface area contributed by atoms with Crippen LogP contribution in [0.15, 0.2) is 52.0 Å². The smallest absolute Gasteiger partial charge is 0.244 e. The lowest BCUT2D eigenvalue weighted by Gasteiger charge is -2.17. The van der Waals surface area contributed by atoms with Crippen LogP contribution in [0.1, 0.15) is 11.6 Å². The van der Waals surface area contributed by atoms with Gasteiger partial charge in [-0.2, -0.15) is 0 Å². The maximum atomic E-state index is 12.4. The van der Waals surface area contributed by atoms with Crippen LogP contribution in [-0.2, 0) is 10.0 Å². The Balaban J connectivity index is 2.34. The summed E-state index contributed by atoms with van der Waals surface area (Å²) >= 11 is 8.99. The Morgan fingerprint density at radius 3 is 2.62 bits per heavy atom. The highest BCUT2D eigenvalue weighted by Crippen LogP contribution is 2.24. The molecule has 0 amide bonds. The largest absolute Gasteiger partial charge is 0.394 e. The predicted molar refractivity (Wildman–Crippen MR) is 83.5 cm³/mol. The molecule has 0 spiro atoms. The summed E-state index contributed by atoms with van der Waals surface area (Å²) in [5, 5.41) is 9.30. The molecule has 0 aliphatic heterocycles. The molecule has 0 radical (unpaired) electrons. The highest BCUT2D eigenvalue weighted by Gasteiger charge is 2.24. The molecule has 0 aliphatic carbocycles. The van der Waals surface area contributed by atoms with Crippen LogP contribution in [0.3, 0.4) is 0 Å². The fraction of sp³-hybridized carbons (Fsp3) is 0.154. The number of aromatic nitrogens is 1. The summed E-state index contributed by atoms with van der Waals surface area (Å²) in [6.07, 6.45) is 1.40. The first-order chi connectivity index (χ1) is 9.94. The number of aliphatic hydroxyl groups is 1. The van der Waals surface area contributed by atoms with Crippen LogP contribution in [0.25, 0.3) is 0 Å². The quantitative estimate of drug-likeness (QED) is 0.768. The average Bonchev–Trinajstić information content (AvgIpc) is 2.48. The Morgan fingerprint density at radius 1 is 1.33 bits per heavy atom. The Labute approximate surface area is 136 Å². The third-order valence-corrected chi connectivity index (χ3v) is 5.08. The summed E-state index contributed by atoms with van der Waals surface area (Å²) in [6, 6.07) is 9.39. The molecule has 1 atom stereocenters. The van der Waals surface area contributed by atoms with Gasteiger partial charge in [-0.1, -0.05) is 41.9 Å². The van der Waals surface area contributed by atoms with E-state index in [0.29, 0.717) is 10.0 Å². The van der Waals surface area contributed by atoms with E-state index in [1.165, 1.54) is 12.3 Å². The van der Waals surface area contributed by atoms with Crippen molar-refractivity contribution in [2.45, 2.75) is 10.9 Å². The van der Waals surface area contributed by atoms with Crippen molar-refractivity contribution in [2.75, 3.05) is 6.61 Å². The lowest BCUT2D eigenvalue weighted by Crippen LogP contribution is -2.31. The number of hydrogen-bond acceptors (Lipinski definition) is 4. The van der Waals surface area contributed by atoms with E-state index in [1.807, 2.05) is 6.07 Å². The van der Waals surface area contributed by atoms with Gasteiger partial charge in [0, 0.05) is 10.7 Å². The zero-order valence-electron chi connectivity index (χ0n) is 10.7. The topological polar surface area (TPSA) is 79.3 Å². The number of aliphatic hydroxyl groups excluding tert-OH is 1. The van der Waals surface area contributed by atoms with Gasteiger partial charge in [0.1, 0.15) is 10.0 Å². The summed E-state index contributed by atoms with van der Waals surface area (Å²) in [7, 11) is -3.91. The van der Waals surface area contributed by atoms with E-state index in [1.54, 1.807) is 24.3 Å². The maximum Gasteiger partial charge on any atom is 0.244 e. The van der Waals surface area contributed by atoms with Crippen molar-refractivity contribution in [3.05, 3.63) is 57.8 Å². The van der Waals surface area contributed by atoms with Gasteiger partial charge in [0.15, 0.2) is 0 Å². The van der Waals surface area contributed by atoms with Gasteiger partial charge in [-0.25, -0.2) is 18.1 Å². The minimum atomic E-state index is -3.91. The average molecular weight is 392 g/mol. The van der Waals surface area contributed by atoms with Gasteiger partial charge in [-0.05, 0) is 27.6 Å². The lowest BCUT2D eigenvalue weighted by atomic mass is 10.1. The first-order valence-corrected chi connectivity index (χ1v) is 8.58. The molecule has 0 fully saturated rings. The van der Waals surface area contributed by atoms with Crippen LogP contribution in [0.4, 0.5) is 0 Å². The predicted octanol–water partition coefficient (Wildman–Crippen LogP) is 2.51. The van der Waals surface area contributed by atoms with Crippen molar-refractivity contribution in [2.24, 2.45) is 0 Å². The Morgan fingerprint density at radius 2 is 2.00 bits per heavy atom. The molecule has 2 rings (SSSR count). The molecule has 8 heteroatoms. The fourth-order valence-corrected chi connectivity index (χ4v) is 3.90. The monoisotopic (exact) mass is 390 g/mol. The number of hydrogen-bond donors (Lipinski definition) is 2. The van der Waals surface area contributed by atoms with E-state index in [2.05, 4.69) is 25.6 Å². The van der Waals surface area contributed by atoms with Gasteiger partial charge in [0.2, 0.25) is 10.0 Å². The Bertz CT molecular complexity index is 725. The second-order valence-corrected chi connectivity index (χ2v) is 7.17. The number of halogens is 2. The van der Waals surface area contributed by atoms with Crippen molar-refractivity contribution in [3.8, 4) is 0 Å². The van der Waals surface area contributed by atoms with E-state index >= 15 is 0 Å². The third kappa shape index (κ3) is 4.02. The normalized spacial score (nSPS) is 13.1. The second kappa shape index (κ2) is 6.85. The van der Waals surface area contributed by atoms with Gasteiger partial charge in [-0.15, -0.1) is 0 Å². The van der Waals surface area contributed by atoms with Crippen LogP contribution < -0.4 is 4.72 Å². The molecule has 0 bridgehead atoms. The fourth-order valence-electron chi connectivity index (χ4n) is 1.74. The number of pyridine rings is 1. The standard InChI is InChI=1S/C13H12BrClN2O3S/c14-10-6-12(13(15)16-7-10)21(19,20)17-11(8-18)9-4-2-1-3-5-9/h1-7,11,17-18H,8H2/t11-/m1/s1. The lowest BCUT2D eigenvalue weighted by molar-refractivity contribution is 0.259. The van der Waals surface area contributed by atoms with Crippen LogP contribution >= 0.6 is 27.5 Å². The molecule has 2 aromatic rings. The summed E-state index contributed by atoms with van der Waals surface area (Å²) < 4.78 is 27.7. The molecule has 0 aliphatic rings. The highest BCUT2D eigenvalue weighted by molar-refractivity contribution is 9.10. The van der Waals surface area contributed by atoms with E-state index in [0.717, 1.165) is 0 Å². The zero-order valence-corrected chi connectivity index (χ0v) is 13.9. The molecule has 0 unspecified atom stereocenters. The number of nitrogens with zero attached hydrogens (tertiary/aromatic N) is 1. The van der Waals surface area contributed by atoms with Crippen LogP contribution in [0, 0.1) is 0 Å². The van der Waals surface area contributed by atoms with E-state index in [-0.39, 0.29) is 16.7 Å². The number of rotatable bonds is 5. The van der Waals surface area contributed by atoms with Gasteiger partial charge in [-0.3, -0.25) is 0 Å². The van der Waals surface area contributed by atoms with Crippen LogP contribution in [0.5, 0.6) is 0 Å². The molecule has 0 saturated carbocycles. The molecular weight excluding hydrogens is 380 g/mol. The highest BCUT2D eigenvalue weighted by atomic mass is 79.9. The number of sulfonamides is 1. The Kier molecular flexibility index (Phi) is 5.34. The van der Waals surface area contributed by atoms with Crippen molar-refractivity contribution in [3.63, 3.8) is 0 Å². The summed E-state index contributed by atoms with van der Waals surface area (Å²) in [4.78, 5) is 3.64. The van der Waals surface area contributed by atoms with Crippen molar-refractivity contribution in [1.29, 1.82) is 0 Å². The molecule has 21 heavy (non-hydrogen) atoms. The maximum absolute atomic E-state index is 12.4. The van der Waals surface area contributed by atoms with E-state index in [4.69, 9.17) is 11.6 Å². The summed E-state index contributed by atoms with van der Waals surface area (Å²) in [6.45, 7) is -0.373. The van der Waals surface area contributed by atoms with Crippen molar-refractivity contribution in [1.82, 2.24) is 9.71 Å². The van der Waals surface area contributed by atoms with Crippen LogP contribution in [-0.4, -0.2) is 25.1 Å². The minimum Gasteiger partial charge on any atom is -0.394 e. The first-order valence-electron chi connectivity index (χ1n) is 5.93. The second-order valence-electron chi connectivity index (χ2n) is 4.21. The van der Waals surface area contributed by atoms with Gasteiger partial charge in [0.05, 0.1) is 12.6 Å². The number of nitrogens with one attached hydrogen (secondary N) is 1. The van der Waals surface area contributed by atoms with Gasteiger partial charge < -0.3 is 5.11 Å². The SMILES string of the molecule is O=S(=O)(N[C@H](CO)c1ccccc1)c1cc(Br)cnc1Cl. The molecule has 1 heterocycles. The molecule has 1 aromatic heterocycles. The third-order valence-electron chi connectivity index (χ3n) is 2.74. The zero-order chi connectivity index (χ0) is 15.5. The minimum absolute atomic E-state index is 0.129. The molecule has 5 nitrogen and oxygen atoms in total. The molecule has 0 saturated heterocycles. The molecule has 112 valence electrons. The molecule has 1 aromatic carbocycles. The van der Waals surface area contributed by atoms with E-state index < -0.39 is 16.1 Å². The van der Waals surface area contributed by atoms with Crippen molar-refractivity contribution < 1.29 is 13.5 Å². The molecule has 2 N–H and O–H groups in total. The Hall–Kier alpha value is -0.990. The summed E-state index contributed by atoms with van der Waals surface area (Å²) in [5.41, 5.74) is 0.655. The number of benzene rings is 1. The van der Waals surface area contributed by atoms with Gasteiger partial charge >= 0.3 is 0 Å². The van der Waals surface area contributed by atoms with Gasteiger partial charge in [0.25, 0.3) is 0 Å². The molecular formula is C13H12BrClN2O3S. The van der Waals surface area contributed by atoms with Crippen molar-refractivity contribution >= 4 is 37.6 Å². The summed E-state index contributed by atoms with van der Waals surface area (Å²) in [5.74, 6) is 0. The van der Waals surface area contributed by atoms with E-state index in [9.17, 15) is 13.5 Å². The first kappa shape index (κ1) is 16.4. The van der Waals surface area contributed by atoms with Crippen LogP contribution in [0.2, 0.25) is 5.15 Å².